The lowest BCUT2D eigenvalue weighted by atomic mass is 10.0. The Morgan fingerprint density at radius 1 is 0.852 bits per heavy atom. The third kappa shape index (κ3) is 2.69. The fraction of sp³-hybridized carbons (Fsp3) is 0.100. The lowest BCUT2D eigenvalue weighted by molar-refractivity contribution is 0.413. The fourth-order valence-electron chi connectivity index (χ4n) is 2.99. The first-order valence-electron chi connectivity index (χ1n) is 8.06. The number of rotatable bonds is 3. The molecule has 4 aromatic rings. The first-order chi connectivity index (χ1) is 13.0. The second-order valence-electron chi connectivity index (χ2n) is 5.97. The number of aromatic hydroxyl groups is 2. The van der Waals surface area contributed by atoms with E-state index in [0.717, 1.165) is 0 Å². The van der Waals surface area contributed by atoms with Crippen LogP contribution in [0.15, 0.2) is 60.9 Å². The van der Waals surface area contributed by atoms with Crippen molar-refractivity contribution in [3.8, 4) is 17.2 Å². The van der Waals surface area contributed by atoms with Crippen molar-refractivity contribution in [3.05, 3.63) is 74.4 Å². The lowest BCUT2D eigenvalue weighted by Gasteiger charge is -2.09. The van der Waals surface area contributed by atoms with Gasteiger partial charge in [-0.25, -0.2) is 9.59 Å². The van der Waals surface area contributed by atoms with Gasteiger partial charge in [-0.1, -0.05) is 12.1 Å². The number of methoxy groups -OCH3 is 1. The van der Waals surface area contributed by atoms with Crippen LogP contribution >= 0.6 is 0 Å². The standard InChI is InChI=1S/C20H14O7/c1-25-10-6-7-12-16(8-10)27-20(24)14(18(12)22)9-13-17(21)11-4-2-3-5-15(11)26-19(13)23/h2-8,21-22H,9H2,1H3. The predicted molar refractivity (Wildman–Crippen MR) is 97.7 cm³/mol. The highest BCUT2D eigenvalue weighted by molar-refractivity contribution is 5.86. The van der Waals surface area contributed by atoms with E-state index in [2.05, 4.69) is 0 Å². The number of benzene rings is 2. The monoisotopic (exact) mass is 366 g/mol. The molecule has 0 unspecified atom stereocenters. The molecule has 2 aromatic carbocycles. The molecular weight excluding hydrogens is 352 g/mol. The summed E-state index contributed by atoms with van der Waals surface area (Å²) in [7, 11) is 1.47. The Morgan fingerprint density at radius 2 is 1.44 bits per heavy atom. The quantitative estimate of drug-likeness (QED) is 0.536. The molecule has 0 aliphatic heterocycles. The van der Waals surface area contributed by atoms with Crippen molar-refractivity contribution in [1.29, 1.82) is 0 Å². The largest absolute Gasteiger partial charge is 0.507 e. The summed E-state index contributed by atoms with van der Waals surface area (Å²) in [6.07, 6.45) is -0.338. The van der Waals surface area contributed by atoms with Crippen molar-refractivity contribution in [2.75, 3.05) is 7.11 Å². The summed E-state index contributed by atoms with van der Waals surface area (Å²) in [6, 6.07) is 11.1. The number of fused-ring (bicyclic) bond motifs is 2. The number of hydrogen-bond acceptors (Lipinski definition) is 7. The SMILES string of the molecule is COc1ccc2c(O)c(Cc3c(O)c4ccccc4oc3=O)c(=O)oc2c1. The Labute approximate surface area is 151 Å². The van der Waals surface area contributed by atoms with E-state index in [9.17, 15) is 19.8 Å². The van der Waals surface area contributed by atoms with Crippen LogP contribution in [0.4, 0.5) is 0 Å². The minimum Gasteiger partial charge on any atom is -0.507 e. The molecule has 0 amide bonds. The zero-order valence-corrected chi connectivity index (χ0v) is 14.2. The van der Waals surface area contributed by atoms with E-state index in [4.69, 9.17) is 13.6 Å². The van der Waals surface area contributed by atoms with Gasteiger partial charge in [-0.05, 0) is 24.3 Å². The molecule has 0 spiro atoms. The van der Waals surface area contributed by atoms with Crippen LogP contribution in [0.3, 0.4) is 0 Å². The number of para-hydroxylation sites is 1. The van der Waals surface area contributed by atoms with Gasteiger partial charge >= 0.3 is 11.3 Å². The van der Waals surface area contributed by atoms with Crippen LogP contribution in [0.5, 0.6) is 17.2 Å². The van der Waals surface area contributed by atoms with E-state index in [1.807, 2.05) is 0 Å². The molecule has 7 nitrogen and oxygen atoms in total. The van der Waals surface area contributed by atoms with E-state index >= 15 is 0 Å². The van der Waals surface area contributed by atoms with Crippen molar-refractivity contribution in [1.82, 2.24) is 0 Å². The van der Waals surface area contributed by atoms with Gasteiger partial charge < -0.3 is 23.8 Å². The van der Waals surface area contributed by atoms with Crippen molar-refractivity contribution in [2.45, 2.75) is 6.42 Å². The zero-order valence-electron chi connectivity index (χ0n) is 14.2. The molecule has 2 aromatic heterocycles. The Balaban J connectivity index is 1.91. The van der Waals surface area contributed by atoms with Crippen molar-refractivity contribution < 1.29 is 23.8 Å². The molecule has 27 heavy (non-hydrogen) atoms. The zero-order chi connectivity index (χ0) is 19.1. The molecule has 7 heteroatoms. The third-order valence-electron chi connectivity index (χ3n) is 4.41. The van der Waals surface area contributed by atoms with Crippen molar-refractivity contribution >= 4 is 21.9 Å². The third-order valence-corrected chi connectivity index (χ3v) is 4.41. The van der Waals surface area contributed by atoms with Gasteiger partial charge in [-0.15, -0.1) is 0 Å². The van der Waals surface area contributed by atoms with Crippen LogP contribution in [0.25, 0.3) is 21.9 Å². The molecule has 4 rings (SSSR count). The highest BCUT2D eigenvalue weighted by Crippen LogP contribution is 2.32. The van der Waals surface area contributed by atoms with E-state index in [1.54, 1.807) is 36.4 Å². The van der Waals surface area contributed by atoms with Crippen molar-refractivity contribution in [3.63, 3.8) is 0 Å². The molecule has 136 valence electrons. The highest BCUT2D eigenvalue weighted by atomic mass is 16.5. The topological polar surface area (TPSA) is 110 Å². The summed E-state index contributed by atoms with van der Waals surface area (Å²) >= 11 is 0. The normalized spacial score (nSPS) is 11.1. The van der Waals surface area contributed by atoms with Gasteiger partial charge in [0.2, 0.25) is 0 Å². The second-order valence-corrected chi connectivity index (χ2v) is 5.97. The molecule has 2 heterocycles. The van der Waals surface area contributed by atoms with E-state index in [1.165, 1.54) is 13.2 Å². The van der Waals surface area contributed by atoms with Crippen LogP contribution in [0.1, 0.15) is 11.1 Å². The van der Waals surface area contributed by atoms with Gasteiger partial charge in [0.05, 0.1) is 29.0 Å². The van der Waals surface area contributed by atoms with Crippen LogP contribution < -0.4 is 16.0 Å². The predicted octanol–water partition coefficient (Wildman–Crippen LogP) is 2.91. The minimum atomic E-state index is -0.819. The average molecular weight is 366 g/mol. The van der Waals surface area contributed by atoms with Gasteiger partial charge in [0.1, 0.15) is 28.4 Å². The fourth-order valence-corrected chi connectivity index (χ4v) is 2.99. The average Bonchev–Trinajstić information content (AvgIpc) is 2.66. The Kier molecular flexibility index (Phi) is 3.84. The molecule has 0 saturated heterocycles. The van der Waals surface area contributed by atoms with E-state index in [0.29, 0.717) is 11.1 Å². The maximum absolute atomic E-state index is 12.4. The van der Waals surface area contributed by atoms with Crippen LogP contribution in [0, 0.1) is 0 Å². The minimum absolute atomic E-state index is 0.135. The molecule has 0 bridgehead atoms. The molecule has 0 aliphatic carbocycles. The summed E-state index contributed by atoms with van der Waals surface area (Å²) in [5.41, 5.74) is -1.52. The van der Waals surface area contributed by atoms with Gasteiger partial charge in [0, 0.05) is 12.5 Å². The van der Waals surface area contributed by atoms with Crippen LogP contribution in [-0.2, 0) is 6.42 Å². The number of ether oxygens (including phenoxy) is 1. The van der Waals surface area contributed by atoms with Gasteiger partial charge in [0.15, 0.2) is 0 Å². The molecule has 0 fully saturated rings. The highest BCUT2D eigenvalue weighted by Gasteiger charge is 2.20. The van der Waals surface area contributed by atoms with Crippen LogP contribution in [0.2, 0.25) is 0 Å². The maximum Gasteiger partial charge on any atom is 0.343 e. The summed E-state index contributed by atoms with van der Waals surface area (Å²) in [5.74, 6) is -0.156. The van der Waals surface area contributed by atoms with E-state index in [-0.39, 0.29) is 45.6 Å². The first kappa shape index (κ1) is 16.7. The first-order valence-corrected chi connectivity index (χ1v) is 8.06. The molecule has 2 N–H and O–H groups in total. The molecular formula is C20H14O7. The molecule has 0 saturated carbocycles. The summed E-state index contributed by atoms with van der Waals surface area (Å²) in [5, 5.41) is 21.6. The smallest absolute Gasteiger partial charge is 0.343 e. The summed E-state index contributed by atoms with van der Waals surface area (Å²) in [4.78, 5) is 24.6. The van der Waals surface area contributed by atoms with Crippen LogP contribution in [-0.4, -0.2) is 17.3 Å². The number of hydrogen-bond donors (Lipinski definition) is 2. The second kappa shape index (κ2) is 6.21. The summed E-state index contributed by atoms with van der Waals surface area (Å²) < 4.78 is 15.5. The Hall–Kier alpha value is -3.74. The van der Waals surface area contributed by atoms with Crippen molar-refractivity contribution in [2.24, 2.45) is 0 Å². The van der Waals surface area contributed by atoms with Gasteiger partial charge in [-0.3, -0.25) is 0 Å². The lowest BCUT2D eigenvalue weighted by Crippen LogP contribution is -2.14. The Morgan fingerprint density at radius 3 is 2.11 bits per heavy atom. The van der Waals surface area contributed by atoms with Gasteiger partial charge in [0.25, 0.3) is 0 Å². The maximum atomic E-state index is 12.4. The molecule has 0 radical (unpaired) electrons. The van der Waals surface area contributed by atoms with E-state index < -0.39 is 11.3 Å². The molecule has 0 atom stereocenters. The Bertz CT molecular complexity index is 1300. The van der Waals surface area contributed by atoms with Gasteiger partial charge in [-0.2, -0.15) is 0 Å². The molecule has 0 aliphatic rings. The summed E-state index contributed by atoms with van der Waals surface area (Å²) in [6.45, 7) is 0.